The third kappa shape index (κ3) is 3.13. The second-order valence-corrected chi connectivity index (χ2v) is 6.05. The number of carbonyl (C=O) groups excluding carboxylic acids is 1. The molecule has 5 heteroatoms. The van der Waals surface area contributed by atoms with Crippen molar-refractivity contribution in [2.45, 2.75) is 13.0 Å². The lowest BCUT2D eigenvalue weighted by molar-refractivity contribution is 0.0943. The molecular weight excluding hydrogens is 334 g/mol. The van der Waals surface area contributed by atoms with Crippen LogP contribution in [-0.2, 0) is 0 Å². The Labute approximate surface area is 123 Å². The van der Waals surface area contributed by atoms with Gasteiger partial charge in [-0.3, -0.25) is 4.79 Å². The molecule has 1 aromatic heterocycles. The van der Waals surface area contributed by atoms with Crippen LogP contribution >= 0.6 is 38.9 Å². The molecule has 0 bridgehead atoms. The summed E-state index contributed by atoms with van der Waals surface area (Å²) >= 11 is 10.6. The van der Waals surface area contributed by atoms with Gasteiger partial charge < -0.3 is 5.32 Å². The molecule has 2 nitrogen and oxygen atoms in total. The Kier molecular flexibility index (Phi) is 4.43. The second kappa shape index (κ2) is 5.87. The smallest absolute Gasteiger partial charge is 0.262 e. The minimum Gasteiger partial charge on any atom is -0.345 e. The molecule has 0 spiro atoms. The lowest BCUT2D eigenvalue weighted by Crippen LogP contribution is -2.26. The highest BCUT2D eigenvalue weighted by molar-refractivity contribution is 9.10. The van der Waals surface area contributed by atoms with Gasteiger partial charge in [0.25, 0.3) is 5.91 Å². The molecule has 0 saturated heterocycles. The van der Waals surface area contributed by atoms with Gasteiger partial charge >= 0.3 is 0 Å². The van der Waals surface area contributed by atoms with Gasteiger partial charge in [-0.2, -0.15) is 0 Å². The number of halogens is 2. The predicted octanol–water partition coefficient (Wildman–Crippen LogP) is 4.66. The summed E-state index contributed by atoms with van der Waals surface area (Å²) in [5.74, 6) is -0.0701. The zero-order chi connectivity index (χ0) is 13.1. The summed E-state index contributed by atoms with van der Waals surface area (Å²) in [6.45, 7) is 1.95. The zero-order valence-corrected chi connectivity index (χ0v) is 12.8. The Balaban J connectivity index is 2.08. The van der Waals surface area contributed by atoms with Crippen LogP contribution in [0.5, 0.6) is 0 Å². The highest BCUT2D eigenvalue weighted by Crippen LogP contribution is 2.23. The van der Waals surface area contributed by atoms with Crippen LogP contribution in [0.1, 0.15) is 28.2 Å². The first-order valence-corrected chi connectivity index (χ1v) is 7.42. The molecule has 1 aromatic carbocycles. The molecule has 0 aliphatic rings. The van der Waals surface area contributed by atoms with Crippen molar-refractivity contribution in [3.05, 3.63) is 55.6 Å². The van der Waals surface area contributed by atoms with Crippen LogP contribution in [-0.4, -0.2) is 5.91 Å². The molecule has 1 atom stereocenters. The molecule has 0 fully saturated rings. The summed E-state index contributed by atoms with van der Waals surface area (Å²) in [7, 11) is 0. The van der Waals surface area contributed by atoms with E-state index in [-0.39, 0.29) is 11.9 Å². The predicted molar refractivity (Wildman–Crippen MR) is 79.4 cm³/mol. The van der Waals surface area contributed by atoms with Crippen molar-refractivity contribution < 1.29 is 4.79 Å². The summed E-state index contributed by atoms with van der Waals surface area (Å²) in [4.78, 5) is 12.7. The number of benzene rings is 1. The van der Waals surface area contributed by atoms with Crippen molar-refractivity contribution in [1.82, 2.24) is 5.32 Å². The van der Waals surface area contributed by atoms with Gasteiger partial charge in [-0.05, 0) is 52.0 Å². The minimum atomic E-state index is -0.0701. The van der Waals surface area contributed by atoms with Gasteiger partial charge in [-0.1, -0.05) is 23.7 Å². The number of hydrogen-bond donors (Lipinski definition) is 1. The Bertz CT molecular complexity index is 552. The normalized spacial score (nSPS) is 12.2. The maximum Gasteiger partial charge on any atom is 0.262 e. The van der Waals surface area contributed by atoms with Crippen molar-refractivity contribution in [3.63, 3.8) is 0 Å². The van der Waals surface area contributed by atoms with Crippen LogP contribution in [0.2, 0.25) is 5.02 Å². The van der Waals surface area contributed by atoms with Gasteiger partial charge in [-0.25, -0.2) is 0 Å². The number of thiophene rings is 1. The summed E-state index contributed by atoms with van der Waals surface area (Å²) in [5.41, 5.74) is 1.03. The van der Waals surface area contributed by atoms with Crippen LogP contribution in [0.4, 0.5) is 0 Å². The van der Waals surface area contributed by atoms with Crippen LogP contribution in [0.25, 0.3) is 0 Å². The number of carbonyl (C=O) groups is 1. The fourth-order valence-corrected chi connectivity index (χ4v) is 3.13. The molecule has 2 aromatic rings. The third-order valence-corrected chi connectivity index (χ3v) is 4.63. The van der Waals surface area contributed by atoms with Gasteiger partial charge in [0.2, 0.25) is 0 Å². The minimum absolute atomic E-state index is 0.0521. The lowest BCUT2D eigenvalue weighted by atomic mass is 10.1. The quantitative estimate of drug-likeness (QED) is 0.862. The van der Waals surface area contributed by atoms with Crippen LogP contribution in [0.15, 0.2) is 40.2 Å². The third-order valence-electron chi connectivity index (χ3n) is 2.54. The molecule has 1 unspecified atom stereocenters. The van der Waals surface area contributed by atoms with E-state index in [4.69, 9.17) is 11.6 Å². The largest absolute Gasteiger partial charge is 0.345 e. The molecule has 1 amide bonds. The highest BCUT2D eigenvalue weighted by atomic mass is 79.9. The Morgan fingerprint density at radius 3 is 2.56 bits per heavy atom. The molecule has 0 saturated carbocycles. The average Bonchev–Trinajstić information content (AvgIpc) is 2.76. The number of nitrogens with one attached hydrogen (secondary N) is 1. The SMILES string of the molecule is CC(NC(=O)c1sccc1Br)c1ccc(Cl)cc1. The second-order valence-electron chi connectivity index (χ2n) is 3.84. The van der Waals surface area contributed by atoms with E-state index in [1.54, 1.807) is 0 Å². The summed E-state index contributed by atoms with van der Waals surface area (Å²) in [5, 5.41) is 5.53. The van der Waals surface area contributed by atoms with Crippen molar-refractivity contribution >= 4 is 44.8 Å². The molecule has 1 N–H and O–H groups in total. The molecule has 0 aliphatic carbocycles. The maximum atomic E-state index is 12.0. The maximum absolute atomic E-state index is 12.0. The van der Waals surface area contributed by atoms with Gasteiger partial charge in [0, 0.05) is 9.50 Å². The van der Waals surface area contributed by atoms with Gasteiger partial charge in [-0.15, -0.1) is 11.3 Å². The van der Waals surface area contributed by atoms with Gasteiger partial charge in [0.15, 0.2) is 0 Å². The summed E-state index contributed by atoms with van der Waals surface area (Å²) in [6.07, 6.45) is 0. The average molecular weight is 345 g/mol. The highest BCUT2D eigenvalue weighted by Gasteiger charge is 2.14. The molecule has 2 rings (SSSR count). The van der Waals surface area contributed by atoms with E-state index in [2.05, 4.69) is 21.2 Å². The summed E-state index contributed by atoms with van der Waals surface area (Å²) in [6, 6.07) is 9.28. The first-order chi connectivity index (χ1) is 8.58. The van der Waals surface area contributed by atoms with E-state index in [0.717, 1.165) is 10.0 Å². The van der Waals surface area contributed by atoms with Gasteiger partial charge in [0.1, 0.15) is 4.88 Å². The van der Waals surface area contributed by atoms with Crippen LogP contribution < -0.4 is 5.32 Å². The van der Waals surface area contributed by atoms with E-state index < -0.39 is 0 Å². The first kappa shape index (κ1) is 13.6. The van der Waals surface area contributed by atoms with Crippen molar-refractivity contribution in [2.75, 3.05) is 0 Å². The molecule has 0 aliphatic heterocycles. The molecule has 94 valence electrons. The Hall–Kier alpha value is -0.840. The zero-order valence-electron chi connectivity index (χ0n) is 9.61. The van der Waals surface area contributed by atoms with Crippen molar-refractivity contribution in [3.8, 4) is 0 Å². The first-order valence-electron chi connectivity index (χ1n) is 5.37. The Morgan fingerprint density at radius 1 is 1.33 bits per heavy atom. The molecule has 0 radical (unpaired) electrons. The van der Waals surface area contributed by atoms with E-state index >= 15 is 0 Å². The van der Waals surface area contributed by atoms with E-state index in [9.17, 15) is 4.79 Å². The van der Waals surface area contributed by atoms with Crippen LogP contribution in [0, 0.1) is 0 Å². The van der Waals surface area contributed by atoms with E-state index in [1.807, 2.05) is 42.6 Å². The lowest BCUT2D eigenvalue weighted by Gasteiger charge is -2.14. The van der Waals surface area contributed by atoms with E-state index in [0.29, 0.717) is 9.90 Å². The molecular formula is C13H11BrClNOS. The fraction of sp³-hybridized carbons (Fsp3) is 0.154. The number of amides is 1. The monoisotopic (exact) mass is 343 g/mol. The van der Waals surface area contributed by atoms with E-state index in [1.165, 1.54) is 11.3 Å². The number of hydrogen-bond acceptors (Lipinski definition) is 2. The summed E-state index contributed by atoms with van der Waals surface area (Å²) < 4.78 is 0.827. The van der Waals surface area contributed by atoms with Crippen LogP contribution in [0.3, 0.4) is 0 Å². The van der Waals surface area contributed by atoms with Gasteiger partial charge in [0.05, 0.1) is 6.04 Å². The van der Waals surface area contributed by atoms with Crippen molar-refractivity contribution in [1.29, 1.82) is 0 Å². The fourth-order valence-electron chi connectivity index (χ4n) is 1.55. The molecule has 18 heavy (non-hydrogen) atoms. The van der Waals surface area contributed by atoms with Crippen molar-refractivity contribution in [2.24, 2.45) is 0 Å². The topological polar surface area (TPSA) is 29.1 Å². The number of rotatable bonds is 3. The standard InChI is InChI=1S/C13H11BrClNOS/c1-8(9-2-4-10(15)5-3-9)16-13(17)12-11(14)6-7-18-12/h2-8H,1H3,(H,16,17). The Morgan fingerprint density at radius 2 is 2.00 bits per heavy atom. The molecule has 1 heterocycles.